The molecule has 0 aromatic heterocycles. The second-order valence-electron chi connectivity index (χ2n) is 7.32. The standard InChI is InChI=1S/C25H37P/c1-4-7-13-21-26(23-17-11-10-12-18-23)25-20-14-16-22(15-8-5-2)24(25)19-9-6-3/h10-12,14,16-18,20H,4-9,13,15,19,21H2,1-3H3. The molecule has 0 nitrogen and oxygen atoms in total. The highest BCUT2D eigenvalue weighted by Crippen LogP contribution is 2.37. The molecule has 0 amide bonds. The molecule has 1 atom stereocenters. The fraction of sp³-hybridized carbons (Fsp3) is 0.520. The average Bonchev–Trinajstić information content (AvgIpc) is 2.69. The highest BCUT2D eigenvalue weighted by molar-refractivity contribution is 7.73. The number of hydrogen-bond donors (Lipinski definition) is 0. The quantitative estimate of drug-likeness (QED) is 0.280. The molecule has 0 bridgehead atoms. The minimum atomic E-state index is -0.231. The first-order valence-electron chi connectivity index (χ1n) is 10.7. The summed E-state index contributed by atoms with van der Waals surface area (Å²) in [6, 6.07) is 18.5. The van der Waals surface area contributed by atoms with Crippen LogP contribution >= 0.6 is 7.92 Å². The lowest BCUT2D eigenvalue weighted by Crippen LogP contribution is -2.20. The normalized spacial score (nSPS) is 12.3. The molecule has 2 aromatic carbocycles. The largest absolute Gasteiger partial charge is 0.0654 e. The van der Waals surface area contributed by atoms with Crippen molar-refractivity contribution in [3.63, 3.8) is 0 Å². The molecule has 26 heavy (non-hydrogen) atoms. The van der Waals surface area contributed by atoms with Gasteiger partial charge < -0.3 is 0 Å². The Balaban J connectivity index is 2.40. The van der Waals surface area contributed by atoms with Crippen LogP contribution in [-0.2, 0) is 12.8 Å². The summed E-state index contributed by atoms with van der Waals surface area (Å²) in [6.45, 7) is 6.93. The summed E-state index contributed by atoms with van der Waals surface area (Å²) in [7, 11) is -0.231. The molecule has 0 radical (unpaired) electrons. The van der Waals surface area contributed by atoms with E-state index in [1.54, 1.807) is 21.7 Å². The third-order valence-corrected chi connectivity index (χ3v) is 7.86. The van der Waals surface area contributed by atoms with Crippen molar-refractivity contribution in [3.05, 3.63) is 59.7 Å². The highest BCUT2D eigenvalue weighted by atomic mass is 31.1. The second-order valence-corrected chi connectivity index (χ2v) is 9.62. The Hall–Kier alpha value is -1.13. The Morgan fingerprint density at radius 1 is 0.654 bits per heavy atom. The van der Waals surface area contributed by atoms with Gasteiger partial charge in [-0.3, -0.25) is 0 Å². The van der Waals surface area contributed by atoms with Gasteiger partial charge in [0, 0.05) is 0 Å². The summed E-state index contributed by atoms with van der Waals surface area (Å²) in [5.74, 6) is 0. The number of aryl methyl sites for hydroxylation is 1. The van der Waals surface area contributed by atoms with Crippen LogP contribution in [0.5, 0.6) is 0 Å². The lowest BCUT2D eigenvalue weighted by atomic mass is 9.98. The van der Waals surface area contributed by atoms with Crippen LogP contribution in [0.1, 0.15) is 76.8 Å². The van der Waals surface area contributed by atoms with Gasteiger partial charge in [0.25, 0.3) is 0 Å². The summed E-state index contributed by atoms with van der Waals surface area (Å²) < 4.78 is 0. The maximum absolute atomic E-state index is 2.45. The van der Waals surface area contributed by atoms with Gasteiger partial charge in [-0.1, -0.05) is 95.0 Å². The minimum absolute atomic E-state index is 0.231. The van der Waals surface area contributed by atoms with E-state index in [4.69, 9.17) is 0 Å². The zero-order valence-corrected chi connectivity index (χ0v) is 18.0. The van der Waals surface area contributed by atoms with E-state index in [1.807, 2.05) is 0 Å². The Labute approximate surface area is 163 Å². The molecule has 142 valence electrons. The second kappa shape index (κ2) is 12.3. The molecule has 0 saturated carbocycles. The van der Waals surface area contributed by atoms with Gasteiger partial charge in [-0.25, -0.2) is 0 Å². The third-order valence-electron chi connectivity index (χ3n) is 5.17. The molecular weight excluding hydrogens is 331 g/mol. The van der Waals surface area contributed by atoms with Crippen molar-refractivity contribution in [2.75, 3.05) is 6.16 Å². The van der Waals surface area contributed by atoms with E-state index in [0.717, 1.165) is 0 Å². The molecule has 0 spiro atoms. The monoisotopic (exact) mass is 368 g/mol. The van der Waals surface area contributed by atoms with Crippen LogP contribution in [0.4, 0.5) is 0 Å². The Morgan fingerprint density at radius 3 is 2.04 bits per heavy atom. The van der Waals surface area contributed by atoms with Gasteiger partial charge in [-0.05, 0) is 67.9 Å². The number of rotatable bonds is 12. The van der Waals surface area contributed by atoms with Crippen molar-refractivity contribution in [1.29, 1.82) is 0 Å². The molecule has 1 unspecified atom stereocenters. The predicted octanol–water partition coefficient (Wildman–Crippen LogP) is 6.99. The highest BCUT2D eigenvalue weighted by Gasteiger charge is 2.18. The molecule has 0 saturated heterocycles. The SMILES string of the molecule is CCCCCP(c1ccccc1)c1cccc(CCCC)c1CCCC. The maximum Gasteiger partial charge on any atom is -0.0161 e. The van der Waals surface area contributed by atoms with Crippen molar-refractivity contribution in [2.24, 2.45) is 0 Å². The van der Waals surface area contributed by atoms with Crippen LogP contribution in [0, 0.1) is 0 Å². The van der Waals surface area contributed by atoms with Crippen LogP contribution in [0.3, 0.4) is 0 Å². The van der Waals surface area contributed by atoms with Crippen molar-refractivity contribution < 1.29 is 0 Å². The lowest BCUT2D eigenvalue weighted by Gasteiger charge is -2.24. The first-order chi connectivity index (χ1) is 12.8. The predicted molar refractivity (Wildman–Crippen MR) is 121 cm³/mol. The summed E-state index contributed by atoms with van der Waals surface area (Å²) in [6.07, 6.45) is 13.0. The molecule has 1 heteroatoms. The van der Waals surface area contributed by atoms with Gasteiger partial charge in [0.2, 0.25) is 0 Å². The number of hydrogen-bond acceptors (Lipinski definition) is 0. The van der Waals surface area contributed by atoms with Gasteiger partial charge in [0.1, 0.15) is 0 Å². The summed E-state index contributed by atoms with van der Waals surface area (Å²) in [5, 5.41) is 3.23. The van der Waals surface area contributed by atoms with Crippen LogP contribution in [0.2, 0.25) is 0 Å². The topological polar surface area (TPSA) is 0 Å². The van der Waals surface area contributed by atoms with E-state index in [2.05, 4.69) is 69.3 Å². The Bertz CT molecular complexity index is 617. The van der Waals surface area contributed by atoms with Gasteiger partial charge >= 0.3 is 0 Å². The van der Waals surface area contributed by atoms with E-state index in [0.29, 0.717) is 0 Å². The maximum atomic E-state index is 2.45. The van der Waals surface area contributed by atoms with Gasteiger partial charge in [-0.2, -0.15) is 0 Å². The molecular formula is C25H37P. The first kappa shape index (κ1) is 21.2. The van der Waals surface area contributed by atoms with Crippen LogP contribution in [0.15, 0.2) is 48.5 Å². The zero-order chi connectivity index (χ0) is 18.6. The van der Waals surface area contributed by atoms with E-state index >= 15 is 0 Å². The van der Waals surface area contributed by atoms with Gasteiger partial charge in [0.15, 0.2) is 0 Å². The Kier molecular flexibility index (Phi) is 10.0. The summed E-state index contributed by atoms with van der Waals surface area (Å²) >= 11 is 0. The number of unbranched alkanes of at least 4 members (excludes halogenated alkanes) is 4. The van der Waals surface area contributed by atoms with E-state index in [-0.39, 0.29) is 7.92 Å². The molecule has 0 aliphatic heterocycles. The Morgan fingerprint density at radius 2 is 1.35 bits per heavy atom. The van der Waals surface area contributed by atoms with Gasteiger partial charge in [-0.15, -0.1) is 0 Å². The van der Waals surface area contributed by atoms with E-state index in [9.17, 15) is 0 Å². The number of benzene rings is 2. The van der Waals surface area contributed by atoms with E-state index < -0.39 is 0 Å². The van der Waals surface area contributed by atoms with Crippen molar-refractivity contribution in [2.45, 2.75) is 78.6 Å². The summed E-state index contributed by atoms with van der Waals surface area (Å²) in [4.78, 5) is 0. The molecule has 0 aliphatic carbocycles. The van der Waals surface area contributed by atoms with Crippen LogP contribution < -0.4 is 10.6 Å². The first-order valence-corrected chi connectivity index (χ1v) is 12.3. The minimum Gasteiger partial charge on any atom is -0.0654 e. The van der Waals surface area contributed by atoms with Crippen molar-refractivity contribution in [1.82, 2.24) is 0 Å². The smallest absolute Gasteiger partial charge is 0.0161 e. The summed E-state index contributed by atoms with van der Waals surface area (Å²) in [5.41, 5.74) is 3.31. The van der Waals surface area contributed by atoms with E-state index in [1.165, 1.54) is 63.9 Å². The van der Waals surface area contributed by atoms with Crippen LogP contribution in [-0.4, -0.2) is 6.16 Å². The molecule has 0 fully saturated rings. The fourth-order valence-corrected chi connectivity index (χ4v) is 6.33. The van der Waals surface area contributed by atoms with Crippen LogP contribution in [0.25, 0.3) is 0 Å². The molecule has 0 N–H and O–H groups in total. The van der Waals surface area contributed by atoms with Crippen molar-refractivity contribution >= 4 is 18.5 Å². The molecule has 0 aliphatic rings. The third kappa shape index (κ3) is 6.24. The van der Waals surface area contributed by atoms with Gasteiger partial charge in [0.05, 0.1) is 0 Å². The molecule has 0 heterocycles. The zero-order valence-electron chi connectivity index (χ0n) is 17.1. The average molecular weight is 369 g/mol. The molecule has 2 aromatic rings. The molecule has 2 rings (SSSR count). The van der Waals surface area contributed by atoms with Crippen molar-refractivity contribution in [3.8, 4) is 0 Å². The lowest BCUT2D eigenvalue weighted by molar-refractivity contribution is 0.760. The fourth-order valence-electron chi connectivity index (χ4n) is 3.63.